The summed E-state index contributed by atoms with van der Waals surface area (Å²) in [5, 5.41) is 23.2. The molecule has 0 aromatic rings. The van der Waals surface area contributed by atoms with E-state index in [0.29, 0.717) is 19.4 Å². The second kappa shape index (κ2) is 61.9. The Kier molecular flexibility index (Phi) is 60.5. The summed E-state index contributed by atoms with van der Waals surface area (Å²) in [7, 11) is 0. The van der Waals surface area contributed by atoms with Gasteiger partial charge in [0, 0.05) is 12.8 Å². The number of nitrogens with one attached hydrogen (secondary N) is 1. The third-order valence-electron chi connectivity index (χ3n) is 15.2. The van der Waals surface area contributed by atoms with Crippen LogP contribution in [0.1, 0.15) is 361 Å². The zero-order valence-electron chi connectivity index (χ0n) is 48.7. The maximum atomic E-state index is 12.5. The van der Waals surface area contributed by atoms with E-state index in [1.54, 1.807) is 6.08 Å². The Hall–Kier alpha value is -1.66. The Bertz CT molecular complexity index is 1120. The molecule has 6 nitrogen and oxygen atoms in total. The van der Waals surface area contributed by atoms with Crippen molar-refractivity contribution in [1.82, 2.24) is 5.32 Å². The van der Waals surface area contributed by atoms with E-state index < -0.39 is 12.1 Å². The minimum atomic E-state index is -0.856. The van der Waals surface area contributed by atoms with Gasteiger partial charge in [-0.3, -0.25) is 9.59 Å². The lowest BCUT2D eigenvalue weighted by Crippen LogP contribution is -2.45. The third-order valence-corrected chi connectivity index (χ3v) is 15.2. The highest BCUT2D eigenvalue weighted by Crippen LogP contribution is 2.18. The molecule has 0 rings (SSSR count). The van der Waals surface area contributed by atoms with Gasteiger partial charge in [-0.25, -0.2) is 0 Å². The predicted octanol–water partition coefficient (Wildman–Crippen LogP) is 20.6. The van der Waals surface area contributed by atoms with Gasteiger partial charge in [0.2, 0.25) is 5.91 Å². The number of aliphatic hydroxyl groups excluding tert-OH is 2. The van der Waals surface area contributed by atoms with Crippen LogP contribution in [0.25, 0.3) is 0 Å². The van der Waals surface area contributed by atoms with E-state index in [0.717, 1.165) is 64.2 Å². The first-order chi connectivity index (χ1) is 35.5. The minimum Gasteiger partial charge on any atom is -0.466 e. The van der Waals surface area contributed by atoms with Crippen molar-refractivity contribution in [1.29, 1.82) is 0 Å². The smallest absolute Gasteiger partial charge is 0.305 e. The van der Waals surface area contributed by atoms with Crippen molar-refractivity contribution in [2.75, 3.05) is 13.2 Å². The van der Waals surface area contributed by atoms with E-state index in [9.17, 15) is 19.8 Å². The zero-order chi connectivity index (χ0) is 52.2. The first-order valence-corrected chi connectivity index (χ1v) is 32.6. The summed E-state index contributed by atoms with van der Waals surface area (Å²) in [4.78, 5) is 24.6. The predicted molar refractivity (Wildman–Crippen MR) is 315 cm³/mol. The summed E-state index contributed by atoms with van der Waals surface area (Å²) in [5.41, 5.74) is 0. The Morgan fingerprint density at radius 2 is 0.653 bits per heavy atom. The number of unbranched alkanes of at least 4 members (excludes halogenated alkanes) is 48. The quantitative estimate of drug-likeness (QED) is 0.0320. The molecule has 0 spiro atoms. The molecule has 0 aliphatic heterocycles. The SMILES string of the molecule is CCCCCCCCCCCCCCCCCCCCCCC/C=C/C(O)C(CO)NC(=O)CCCCCCC/C=C\CCCCCCCCCOC(=O)CCCCCCCCCCCCCCCCCC. The number of rotatable bonds is 61. The highest BCUT2D eigenvalue weighted by molar-refractivity contribution is 5.76. The Balaban J connectivity index is 3.47. The van der Waals surface area contributed by atoms with E-state index in [-0.39, 0.29) is 18.5 Å². The average molecular weight is 1010 g/mol. The van der Waals surface area contributed by atoms with E-state index >= 15 is 0 Å². The molecule has 0 saturated heterocycles. The van der Waals surface area contributed by atoms with Crippen molar-refractivity contribution < 1.29 is 24.5 Å². The van der Waals surface area contributed by atoms with Crippen molar-refractivity contribution in [3.8, 4) is 0 Å². The van der Waals surface area contributed by atoms with Gasteiger partial charge in [-0.1, -0.05) is 314 Å². The van der Waals surface area contributed by atoms with Gasteiger partial charge in [-0.15, -0.1) is 0 Å². The van der Waals surface area contributed by atoms with Crippen LogP contribution in [0.3, 0.4) is 0 Å². The van der Waals surface area contributed by atoms with E-state index in [1.165, 1.54) is 270 Å². The molecule has 1 amide bonds. The van der Waals surface area contributed by atoms with Crippen molar-refractivity contribution in [2.24, 2.45) is 0 Å². The highest BCUT2D eigenvalue weighted by atomic mass is 16.5. The van der Waals surface area contributed by atoms with Gasteiger partial charge in [0.25, 0.3) is 0 Å². The standard InChI is InChI=1S/C66H127NO5/c1-3-5-7-9-11-13-15-17-19-21-22-23-24-25-26-27-30-34-38-42-46-50-54-58-64(69)63(62-68)67-65(70)59-55-51-47-43-39-35-31-28-29-33-37-41-45-49-53-57-61-72-66(71)60-56-52-48-44-40-36-32-20-18-16-14-12-10-8-6-4-2/h28,31,54,58,63-64,68-69H,3-27,29-30,32-53,55-57,59-62H2,1-2H3,(H,67,70)/b31-28-,58-54+. The molecule has 6 heteroatoms. The molecule has 0 aromatic heterocycles. The van der Waals surface area contributed by atoms with Crippen LogP contribution in [0.4, 0.5) is 0 Å². The summed E-state index contributed by atoms with van der Waals surface area (Å²) in [6.07, 6.45) is 76.5. The molecule has 0 aromatic carbocycles. The average Bonchev–Trinajstić information content (AvgIpc) is 3.38. The summed E-state index contributed by atoms with van der Waals surface area (Å²) in [6.45, 7) is 4.91. The largest absolute Gasteiger partial charge is 0.466 e. The molecular weight excluding hydrogens is 887 g/mol. The lowest BCUT2D eigenvalue weighted by molar-refractivity contribution is -0.143. The first-order valence-electron chi connectivity index (χ1n) is 32.6. The van der Waals surface area contributed by atoms with Gasteiger partial charge in [-0.2, -0.15) is 0 Å². The van der Waals surface area contributed by atoms with Crippen LogP contribution in [-0.2, 0) is 14.3 Å². The second-order valence-corrected chi connectivity index (χ2v) is 22.5. The highest BCUT2D eigenvalue weighted by Gasteiger charge is 2.18. The summed E-state index contributed by atoms with van der Waals surface area (Å²) in [5.74, 6) is -0.0809. The Morgan fingerprint density at radius 3 is 0.986 bits per heavy atom. The summed E-state index contributed by atoms with van der Waals surface area (Å²) >= 11 is 0. The number of hydrogen-bond donors (Lipinski definition) is 3. The fraction of sp³-hybridized carbons (Fsp3) is 0.909. The van der Waals surface area contributed by atoms with Crippen LogP contribution in [0.5, 0.6) is 0 Å². The third kappa shape index (κ3) is 57.6. The Labute approximate surface area is 450 Å². The van der Waals surface area contributed by atoms with Gasteiger partial charge in [0.1, 0.15) is 0 Å². The van der Waals surface area contributed by atoms with Crippen LogP contribution in [0.15, 0.2) is 24.3 Å². The molecule has 0 heterocycles. The van der Waals surface area contributed by atoms with E-state index in [1.807, 2.05) is 6.08 Å². The number of aliphatic hydroxyl groups is 2. The maximum Gasteiger partial charge on any atom is 0.305 e. The first kappa shape index (κ1) is 70.3. The molecule has 72 heavy (non-hydrogen) atoms. The zero-order valence-corrected chi connectivity index (χ0v) is 48.7. The topological polar surface area (TPSA) is 95.9 Å². The molecule has 0 radical (unpaired) electrons. The normalized spacial score (nSPS) is 12.7. The van der Waals surface area contributed by atoms with Crippen molar-refractivity contribution >= 4 is 11.9 Å². The van der Waals surface area contributed by atoms with Crippen molar-refractivity contribution in [3.05, 3.63) is 24.3 Å². The molecule has 426 valence electrons. The van der Waals surface area contributed by atoms with Crippen LogP contribution in [-0.4, -0.2) is 47.4 Å². The fourth-order valence-corrected chi connectivity index (χ4v) is 10.2. The number of ether oxygens (including phenoxy) is 1. The van der Waals surface area contributed by atoms with Crippen molar-refractivity contribution in [3.63, 3.8) is 0 Å². The number of carbonyl (C=O) groups is 2. The number of hydrogen-bond acceptors (Lipinski definition) is 5. The van der Waals surface area contributed by atoms with E-state index in [4.69, 9.17) is 4.74 Å². The molecular formula is C66H127NO5. The molecule has 3 N–H and O–H groups in total. The van der Waals surface area contributed by atoms with Crippen LogP contribution in [0.2, 0.25) is 0 Å². The Morgan fingerprint density at radius 1 is 0.375 bits per heavy atom. The lowest BCUT2D eigenvalue weighted by Gasteiger charge is -2.20. The van der Waals surface area contributed by atoms with Gasteiger partial charge in [0.15, 0.2) is 0 Å². The molecule has 2 atom stereocenters. The van der Waals surface area contributed by atoms with Gasteiger partial charge < -0.3 is 20.3 Å². The number of amides is 1. The molecule has 0 saturated carbocycles. The van der Waals surface area contributed by atoms with Gasteiger partial charge in [0.05, 0.1) is 25.4 Å². The van der Waals surface area contributed by atoms with E-state index in [2.05, 4.69) is 31.3 Å². The monoisotopic (exact) mass is 1010 g/mol. The van der Waals surface area contributed by atoms with Gasteiger partial charge >= 0.3 is 5.97 Å². The summed E-state index contributed by atoms with van der Waals surface area (Å²) < 4.78 is 5.48. The molecule has 0 bridgehead atoms. The van der Waals surface area contributed by atoms with Gasteiger partial charge in [-0.05, 0) is 57.8 Å². The number of esters is 1. The second-order valence-electron chi connectivity index (χ2n) is 22.5. The van der Waals surface area contributed by atoms with Crippen LogP contribution >= 0.6 is 0 Å². The molecule has 2 unspecified atom stereocenters. The van der Waals surface area contributed by atoms with Crippen molar-refractivity contribution in [2.45, 2.75) is 373 Å². The number of carbonyl (C=O) groups excluding carboxylic acids is 2. The molecule has 0 aliphatic carbocycles. The summed E-state index contributed by atoms with van der Waals surface area (Å²) in [6, 6.07) is -0.641. The van der Waals surface area contributed by atoms with Crippen LogP contribution in [0, 0.1) is 0 Å². The molecule has 0 aliphatic rings. The molecule has 0 fully saturated rings. The van der Waals surface area contributed by atoms with Crippen LogP contribution < -0.4 is 5.32 Å². The minimum absolute atomic E-state index is 0.000399. The maximum absolute atomic E-state index is 12.5. The number of allylic oxidation sites excluding steroid dienone is 3. The lowest BCUT2D eigenvalue weighted by atomic mass is 10.0. The fourth-order valence-electron chi connectivity index (χ4n) is 10.2.